The molecule has 3 rings (SSSR count). The third-order valence-corrected chi connectivity index (χ3v) is 6.51. The van der Waals surface area contributed by atoms with Crippen molar-refractivity contribution in [3.8, 4) is 0 Å². The minimum Gasteiger partial charge on any atom is -0.591 e. The van der Waals surface area contributed by atoms with Crippen LogP contribution in [0.1, 0.15) is 0 Å². The average Bonchev–Trinajstić information content (AvgIpc) is 2.57. The Morgan fingerprint density at radius 2 is 1.05 bits per heavy atom. The molecule has 0 N–H and O–H groups in total. The van der Waals surface area contributed by atoms with Gasteiger partial charge in [0.2, 0.25) is 0 Å². The highest BCUT2D eigenvalue weighted by atomic mass is 31.1. The summed E-state index contributed by atoms with van der Waals surface area (Å²) in [6.45, 7) is 0. The van der Waals surface area contributed by atoms with Crippen LogP contribution in [0.15, 0.2) is 84.9 Å². The van der Waals surface area contributed by atoms with Crippen LogP contribution in [0.25, 0.3) is 0 Å². The normalized spacial score (nSPS) is 11.5. The molecule has 0 aromatic heterocycles. The van der Waals surface area contributed by atoms with Crippen LogP contribution in [0.3, 0.4) is 0 Å². The van der Waals surface area contributed by atoms with Gasteiger partial charge < -0.3 is 4.89 Å². The molecule has 1 atom stereocenters. The summed E-state index contributed by atoms with van der Waals surface area (Å²) in [5.74, 6) is 0. The van der Waals surface area contributed by atoms with Gasteiger partial charge in [0, 0.05) is 0 Å². The largest absolute Gasteiger partial charge is 0.591 e. The molecule has 22 heavy (non-hydrogen) atoms. The van der Waals surface area contributed by atoms with Crippen molar-refractivity contribution in [3.05, 3.63) is 84.9 Å². The lowest BCUT2D eigenvalue weighted by Crippen LogP contribution is -2.21. The van der Waals surface area contributed by atoms with Crippen molar-refractivity contribution < 1.29 is 9.46 Å². The van der Waals surface area contributed by atoms with Gasteiger partial charge in [0.05, 0.1) is 0 Å². The van der Waals surface area contributed by atoms with Crippen molar-refractivity contribution in [3.63, 3.8) is 0 Å². The second-order valence-corrected chi connectivity index (χ2v) is 8.03. The molecule has 0 fully saturated rings. The standard InChI is InChI=1S/C18H14O2P2/c19-22(20)18-13-11-17(12-14-18)21(15-7-3-1-4-8-15)16-9-5-2-6-10-16/h1-14H. The Labute approximate surface area is 132 Å². The Kier molecular flexibility index (Phi) is 4.75. The summed E-state index contributed by atoms with van der Waals surface area (Å²) in [5.41, 5.74) is 0. The SMILES string of the molecule is O=[P+]([O-])c1ccc(P(c2ccccc2)c2ccccc2)cc1. The van der Waals surface area contributed by atoms with E-state index in [4.69, 9.17) is 0 Å². The van der Waals surface area contributed by atoms with Gasteiger partial charge in [-0.05, 0) is 48.1 Å². The van der Waals surface area contributed by atoms with E-state index in [9.17, 15) is 9.46 Å². The van der Waals surface area contributed by atoms with Gasteiger partial charge in [-0.3, -0.25) is 0 Å². The van der Waals surface area contributed by atoms with Gasteiger partial charge in [-0.1, -0.05) is 65.2 Å². The van der Waals surface area contributed by atoms with Gasteiger partial charge in [0.15, 0.2) is 5.30 Å². The quantitative estimate of drug-likeness (QED) is 0.690. The number of benzene rings is 3. The predicted molar refractivity (Wildman–Crippen MR) is 92.4 cm³/mol. The maximum atomic E-state index is 11.1. The van der Waals surface area contributed by atoms with Gasteiger partial charge in [0.25, 0.3) is 0 Å². The van der Waals surface area contributed by atoms with Crippen LogP contribution >= 0.6 is 15.9 Å². The summed E-state index contributed by atoms with van der Waals surface area (Å²) < 4.78 is 11.1. The summed E-state index contributed by atoms with van der Waals surface area (Å²) in [4.78, 5) is 11.1. The molecule has 0 spiro atoms. The molecular weight excluding hydrogens is 310 g/mol. The first-order valence-corrected chi connectivity index (χ1v) is 9.42. The summed E-state index contributed by atoms with van der Waals surface area (Å²) in [6.07, 6.45) is 0. The lowest BCUT2D eigenvalue weighted by molar-refractivity contribution is -0.160. The Morgan fingerprint density at radius 3 is 1.45 bits per heavy atom. The van der Waals surface area contributed by atoms with E-state index in [1.807, 2.05) is 48.5 Å². The number of hydrogen-bond acceptors (Lipinski definition) is 2. The van der Waals surface area contributed by atoms with Crippen molar-refractivity contribution >= 4 is 37.2 Å². The Morgan fingerprint density at radius 1 is 0.636 bits per heavy atom. The topological polar surface area (TPSA) is 40.1 Å². The summed E-state index contributed by atoms with van der Waals surface area (Å²) in [5, 5.41) is 4.01. The highest BCUT2D eigenvalue weighted by Crippen LogP contribution is 2.32. The predicted octanol–water partition coefficient (Wildman–Crippen LogP) is 2.17. The first-order valence-electron chi connectivity index (χ1n) is 6.90. The minimum absolute atomic E-state index is 0.356. The molecule has 0 saturated carbocycles. The molecule has 0 aliphatic carbocycles. The molecule has 0 saturated heterocycles. The van der Waals surface area contributed by atoms with E-state index in [1.54, 1.807) is 12.1 Å². The van der Waals surface area contributed by atoms with Gasteiger partial charge in [0.1, 0.15) is 0 Å². The van der Waals surface area contributed by atoms with Crippen molar-refractivity contribution in [1.82, 2.24) is 0 Å². The third kappa shape index (κ3) is 3.31. The van der Waals surface area contributed by atoms with E-state index in [1.165, 1.54) is 10.6 Å². The maximum Gasteiger partial charge on any atom is 0.348 e. The molecule has 3 aromatic rings. The molecule has 2 nitrogen and oxygen atoms in total. The molecule has 4 heteroatoms. The van der Waals surface area contributed by atoms with Crippen molar-refractivity contribution in [2.75, 3.05) is 0 Å². The highest BCUT2D eigenvalue weighted by molar-refractivity contribution is 7.79. The molecule has 0 amide bonds. The lowest BCUT2D eigenvalue weighted by atomic mass is 10.3. The van der Waals surface area contributed by atoms with Gasteiger partial charge in [-0.15, -0.1) is 0 Å². The van der Waals surface area contributed by atoms with E-state index in [-0.39, 0.29) is 0 Å². The van der Waals surface area contributed by atoms with Gasteiger partial charge >= 0.3 is 8.03 Å². The summed E-state index contributed by atoms with van der Waals surface area (Å²) in [6, 6.07) is 27.9. The zero-order valence-electron chi connectivity index (χ0n) is 11.8. The monoisotopic (exact) mass is 324 g/mol. The fourth-order valence-corrected chi connectivity index (χ4v) is 5.00. The van der Waals surface area contributed by atoms with E-state index in [0.29, 0.717) is 5.30 Å². The van der Waals surface area contributed by atoms with E-state index in [2.05, 4.69) is 24.3 Å². The summed E-state index contributed by atoms with van der Waals surface area (Å²) in [7, 11) is -3.20. The molecule has 0 bridgehead atoms. The highest BCUT2D eigenvalue weighted by Gasteiger charge is 2.17. The first kappa shape index (κ1) is 15.1. The first-order chi connectivity index (χ1) is 10.8. The zero-order chi connectivity index (χ0) is 15.4. The molecule has 1 unspecified atom stereocenters. The molecule has 0 aliphatic rings. The summed E-state index contributed by atoms with van der Waals surface area (Å²) >= 11 is 0. The van der Waals surface area contributed by atoms with Crippen molar-refractivity contribution in [1.29, 1.82) is 0 Å². The Hall–Kier alpha value is -1.85. The lowest BCUT2D eigenvalue weighted by Gasteiger charge is -2.19. The molecule has 3 aromatic carbocycles. The van der Waals surface area contributed by atoms with Crippen molar-refractivity contribution in [2.24, 2.45) is 0 Å². The fraction of sp³-hybridized carbons (Fsp3) is 0. The second-order valence-electron chi connectivity index (χ2n) is 4.78. The van der Waals surface area contributed by atoms with E-state index < -0.39 is 15.9 Å². The fourth-order valence-electron chi connectivity index (χ4n) is 2.32. The Bertz CT molecular complexity index is 717. The van der Waals surface area contributed by atoms with E-state index >= 15 is 0 Å². The molecule has 108 valence electrons. The minimum atomic E-state index is -2.53. The number of hydrogen-bond donors (Lipinski definition) is 0. The van der Waals surface area contributed by atoms with Crippen LogP contribution < -0.4 is 26.1 Å². The van der Waals surface area contributed by atoms with Crippen LogP contribution in [0.4, 0.5) is 0 Å². The van der Waals surface area contributed by atoms with E-state index in [0.717, 1.165) is 5.30 Å². The van der Waals surface area contributed by atoms with Crippen molar-refractivity contribution in [2.45, 2.75) is 0 Å². The smallest absolute Gasteiger partial charge is 0.348 e. The second kappa shape index (κ2) is 6.94. The molecule has 0 radical (unpaired) electrons. The maximum absolute atomic E-state index is 11.1. The van der Waals surface area contributed by atoms with Gasteiger partial charge in [-0.2, -0.15) is 0 Å². The third-order valence-electron chi connectivity index (χ3n) is 3.35. The molecular formula is C18H14O2P2. The van der Waals surface area contributed by atoms with Crippen LogP contribution in [0.5, 0.6) is 0 Å². The van der Waals surface area contributed by atoms with Crippen LogP contribution in [-0.2, 0) is 4.57 Å². The average molecular weight is 324 g/mol. The molecule has 0 aliphatic heterocycles. The number of rotatable bonds is 4. The molecule has 0 heterocycles. The van der Waals surface area contributed by atoms with Gasteiger partial charge in [-0.25, -0.2) is 0 Å². The van der Waals surface area contributed by atoms with Crippen LogP contribution in [0, 0.1) is 0 Å². The van der Waals surface area contributed by atoms with Crippen LogP contribution in [0.2, 0.25) is 0 Å². The Balaban J connectivity index is 2.08. The zero-order valence-corrected chi connectivity index (χ0v) is 13.6. The van der Waals surface area contributed by atoms with Crippen LogP contribution in [-0.4, -0.2) is 0 Å².